The topological polar surface area (TPSA) is 15.3 Å². The van der Waals surface area contributed by atoms with Gasteiger partial charge >= 0.3 is 0 Å². The van der Waals surface area contributed by atoms with Crippen LogP contribution in [0.1, 0.15) is 18.9 Å². The average Bonchev–Trinajstić information content (AvgIpc) is 2.35. The molecule has 17 heavy (non-hydrogen) atoms. The maximum absolute atomic E-state index is 13.8. The Labute approximate surface area is 101 Å². The fourth-order valence-corrected chi connectivity index (χ4v) is 2.18. The molecule has 1 aliphatic rings. The summed E-state index contributed by atoms with van der Waals surface area (Å²) in [5.41, 5.74) is 0.868. The second kappa shape index (κ2) is 5.45. The van der Waals surface area contributed by atoms with Crippen LogP contribution >= 0.6 is 0 Å². The Morgan fingerprint density at radius 2 is 1.76 bits per heavy atom. The molecule has 0 unspecified atom stereocenters. The van der Waals surface area contributed by atoms with Gasteiger partial charge in [0.25, 0.3) is 0 Å². The lowest BCUT2D eigenvalue weighted by Gasteiger charge is -2.29. The molecule has 1 saturated heterocycles. The molecule has 0 saturated carbocycles. The Hall–Kier alpha value is -1.16. The quantitative estimate of drug-likeness (QED) is 0.872. The van der Waals surface area contributed by atoms with Gasteiger partial charge in [0, 0.05) is 37.4 Å². The molecule has 4 heteroatoms. The van der Waals surface area contributed by atoms with Crippen LogP contribution in [0.5, 0.6) is 0 Å². The Morgan fingerprint density at radius 3 is 2.29 bits per heavy atom. The smallest absolute Gasteiger partial charge is 0.131 e. The molecule has 1 fully saturated rings. The molecule has 0 aromatic heterocycles. The number of benzene rings is 1. The second-order valence-corrected chi connectivity index (χ2v) is 4.38. The van der Waals surface area contributed by atoms with E-state index in [2.05, 4.69) is 5.32 Å². The van der Waals surface area contributed by atoms with E-state index in [-0.39, 0.29) is 5.56 Å². The van der Waals surface area contributed by atoms with Crippen molar-refractivity contribution in [2.45, 2.75) is 19.8 Å². The third-order valence-corrected chi connectivity index (χ3v) is 3.11. The van der Waals surface area contributed by atoms with Gasteiger partial charge in [0.1, 0.15) is 11.6 Å². The fourth-order valence-electron chi connectivity index (χ4n) is 2.18. The van der Waals surface area contributed by atoms with Gasteiger partial charge in [0.15, 0.2) is 0 Å². The Bertz CT molecular complexity index is 364. The van der Waals surface area contributed by atoms with Crippen molar-refractivity contribution in [1.82, 2.24) is 5.32 Å². The number of rotatable bonds is 3. The van der Waals surface area contributed by atoms with Gasteiger partial charge in [-0.05, 0) is 18.6 Å². The summed E-state index contributed by atoms with van der Waals surface area (Å²) in [7, 11) is 0. The first-order chi connectivity index (χ1) is 8.22. The number of hydrogen-bond acceptors (Lipinski definition) is 2. The van der Waals surface area contributed by atoms with Crippen LogP contribution in [-0.2, 0) is 6.42 Å². The normalized spacial score (nSPS) is 16.3. The second-order valence-electron chi connectivity index (χ2n) is 4.38. The van der Waals surface area contributed by atoms with Gasteiger partial charge in [-0.25, -0.2) is 8.78 Å². The van der Waals surface area contributed by atoms with Crippen LogP contribution < -0.4 is 10.2 Å². The largest absolute Gasteiger partial charge is 0.369 e. The zero-order valence-electron chi connectivity index (χ0n) is 10.1. The highest BCUT2D eigenvalue weighted by atomic mass is 19.1. The van der Waals surface area contributed by atoms with E-state index < -0.39 is 11.6 Å². The van der Waals surface area contributed by atoms with Gasteiger partial charge in [0.2, 0.25) is 0 Å². The molecular weight excluding hydrogens is 222 g/mol. The maximum atomic E-state index is 13.8. The van der Waals surface area contributed by atoms with Crippen LogP contribution in [0.4, 0.5) is 14.5 Å². The molecule has 1 aromatic rings. The van der Waals surface area contributed by atoms with Gasteiger partial charge in [-0.3, -0.25) is 0 Å². The Morgan fingerprint density at radius 1 is 1.18 bits per heavy atom. The van der Waals surface area contributed by atoms with E-state index >= 15 is 0 Å². The number of hydrogen-bond donors (Lipinski definition) is 1. The summed E-state index contributed by atoms with van der Waals surface area (Å²) in [6, 6.07) is 2.92. The maximum Gasteiger partial charge on any atom is 0.131 e. The Kier molecular flexibility index (Phi) is 3.94. The zero-order chi connectivity index (χ0) is 12.3. The van der Waals surface area contributed by atoms with Crippen molar-refractivity contribution >= 4 is 5.69 Å². The van der Waals surface area contributed by atoms with Crippen molar-refractivity contribution < 1.29 is 8.78 Å². The van der Waals surface area contributed by atoms with E-state index in [4.69, 9.17) is 0 Å². The first kappa shape index (κ1) is 12.3. The van der Waals surface area contributed by atoms with Crippen molar-refractivity contribution in [2.24, 2.45) is 0 Å². The van der Waals surface area contributed by atoms with Crippen molar-refractivity contribution in [1.29, 1.82) is 0 Å². The summed E-state index contributed by atoms with van der Waals surface area (Å²) < 4.78 is 27.5. The molecule has 0 amide bonds. The van der Waals surface area contributed by atoms with Gasteiger partial charge < -0.3 is 10.2 Å². The van der Waals surface area contributed by atoms with Crippen LogP contribution in [0.3, 0.4) is 0 Å². The van der Waals surface area contributed by atoms with Crippen molar-refractivity contribution in [2.75, 3.05) is 31.1 Å². The van der Waals surface area contributed by atoms with Crippen LogP contribution in [0, 0.1) is 11.6 Å². The van der Waals surface area contributed by atoms with Crippen molar-refractivity contribution in [3.8, 4) is 0 Å². The van der Waals surface area contributed by atoms with Crippen LogP contribution in [-0.4, -0.2) is 26.2 Å². The summed E-state index contributed by atoms with van der Waals surface area (Å²) in [5, 5.41) is 3.22. The third kappa shape index (κ3) is 2.75. The molecule has 1 aliphatic heterocycles. The van der Waals surface area contributed by atoms with Crippen LogP contribution in [0.15, 0.2) is 12.1 Å². The van der Waals surface area contributed by atoms with Crippen LogP contribution in [0.2, 0.25) is 0 Å². The van der Waals surface area contributed by atoms with E-state index in [1.807, 2.05) is 11.8 Å². The molecule has 0 atom stereocenters. The monoisotopic (exact) mass is 240 g/mol. The average molecular weight is 240 g/mol. The summed E-state index contributed by atoms with van der Waals surface area (Å²) >= 11 is 0. The minimum absolute atomic E-state index is 0.214. The molecule has 0 radical (unpaired) electrons. The van der Waals surface area contributed by atoms with E-state index in [0.29, 0.717) is 12.1 Å². The molecule has 1 N–H and O–H groups in total. The SMILES string of the molecule is CCCc1c(F)cc(N2CCNCC2)cc1F. The molecule has 1 aromatic carbocycles. The molecule has 2 rings (SSSR count). The standard InChI is InChI=1S/C13H18F2N2/c1-2-3-11-12(14)8-10(9-13(11)15)17-6-4-16-5-7-17/h8-9,16H,2-7H2,1H3. The predicted molar refractivity (Wildman–Crippen MR) is 65.4 cm³/mol. The number of nitrogens with one attached hydrogen (secondary N) is 1. The van der Waals surface area contributed by atoms with E-state index in [9.17, 15) is 8.78 Å². The van der Waals surface area contributed by atoms with Crippen molar-refractivity contribution in [3.63, 3.8) is 0 Å². The molecule has 2 nitrogen and oxygen atoms in total. The first-order valence-corrected chi connectivity index (χ1v) is 6.16. The number of halogens is 2. The highest BCUT2D eigenvalue weighted by molar-refractivity contribution is 5.49. The fraction of sp³-hybridized carbons (Fsp3) is 0.538. The van der Waals surface area contributed by atoms with Gasteiger partial charge in [-0.15, -0.1) is 0 Å². The van der Waals surface area contributed by atoms with Crippen molar-refractivity contribution in [3.05, 3.63) is 29.3 Å². The lowest BCUT2D eigenvalue weighted by Crippen LogP contribution is -2.43. The summed E-state index contributed by atoms with van der Waals surface area (Å²) in [4.78, 5) is 2.01. The molecule has 0 aliphatic carbocycles. The minimum Gasteiger partial charge on any atom is -0.369 e. The summed E-state index contributed by atoms with van der Waals surface area (Å²) in [5.74, 6) is -0.833. The minimum atomic E-state index is -0.416. The third-order valence-electron chi connectivity index (χ3n) is 3.11. The van der Waals surface area contributed by atoms with E-state index in [0.717, 1.165) is 32.6 Å². The van der Waals surface area contributed by atoms with E-state index in [1.165, 1.54) is 12.1 Å². The van der Waals surface area contributed by atoms with Gasteiger partial charge in [-0.2, -0.15) is 0 Å². The zero-order valence-corrected chi connectivity index (χ0v) is 10.1. The number of nitrogens with zero attached hydrogens (tertiary/aromatic N) is 1. The van der Waals surface area contributed by atoms with Gasteiger partial charge in [0.05, 0.1) is 0 Å². The predicted octanol–water partition coefficient (Wildman–Crippen LogP) is 2.33. The molecular formula is C13H18F2N2. The summed E-state index contributed by atoms with van der Waals surface area (Å²) in [6.45, 7) is 5.24. The molecule has 0 spiro atoms. The first-order valence-electron chi connectivity index (χ1n) is 6.16. The Balaban J connectivity index is 2.24. The molecule has 94 valence electrons. The van der Waals surface area contributed by atoms with Gasteiger partial charge in [-0.1, -0.05) is 13.3 Å². The number of piperazine rings is 1. The lowest BCUT2D eigenvalue weighted by atomic mass is 10.1. The molecule has 0 bridgehead atoms. The molecule has 1 heterocycles. The van der Waals surface area contributed by atoms with E-state index in [1.54, 1.807) is 0 Å². The highest BCUT2D eigenvalue weighted by Gasteiger charge is 2.15. The lowest BCUT2D eigenvalue weighted by molar-refractivity contribution is 0.546. The highest BCUT2D eigenvalue weighted by Crippen LogP contribution is 2.23. The summed E-state index contributed by atoms with van der Waals surface area (Å²) in [6.07, 6.45) is 1.21. The number of anilines is 1. The van der Waals surface area contributed by atoms with Crippen LogP contribution in [0.25, 0.3) is 0 Å².